The van der Waals surface area contributed by atoms with E-state index in [1.807, 2.05) is 0 Å². The van der Waals surface area contributed by atoms with Gasteiger partial charge in [0.15, 0.2) is 0 Å². The van der Waals surface area contributed by atoms with E-state index < -0.39 is 0 Å². The van der Waals surface area contributed by atoms with Gasteiger partial charge in [0.2, 0.25) is 5.89 Å². The fourth-order valence-electron chi connectivity index (χ4n) is 0.367. The maximum atomic E-state index is 9.63. The molecule has 5 nitrogen and oxygen atoms in total. The zero-order valence-corrected chi connectivity index (χ0v) is 4.70. The van der Waals surface area contributed by atoms with Gasteiger partial charge >= 0.3 is 63.9 Å². The van der Waals surface area contributed by atoms with Crippen LogP contribution in [-0.4, -0.2) is 68.1 Å². The van der Waals surface area contributed by atoms with Crippen LogP contribution >= 0.6 is 0 Å². The number of rotatable bonds is 2. The molecular weight excluding hydrogens is 163 g/mol. The average Bonchev–Trinajstić information content (AvgIpc) is 2.17. The first-order valence-electron chi connectivity index (χ1n) is 2.23. The quantitative estimate of drug-likeness (QED) is 0.430. The summed E-state index contributed by atoms with van der Waals surface area (Å²) in [5.74, 6) is 0.367. The van der Waals surface area contributed by atoms with Crippen molar-refractivity contribution in [1.82, 2.24) is 10.2 Å². The number of hydrogen-bond acceptors (Lipinski definition) is 5. The number of hydrogen-bond donors (Lipinski definition) is 0. The van der Waals surface area contributed by atoms with Crippen LogP contribution in [0, 0.1) is 6.92 Å². The van der Waals surface area contributed by atoms with Crippen LogP contribution in [0.2, 0.25) is 0 Å². The summed E-state index contributed by atoms with van der Waals surface area (Å²) in [5, 5.41) is 6.77. The summed E-state index contributed by atoms with van der Waals surface area (Å²) >= 11 is 0. The minimum atomic E-state index is -0.123. The molecule has 1 rings (SSSR count). The van der Waals surface area contributed by atoms with Gasteiger partial charge in [-0.25, -0.2) is 0 Å². The van der Waals surface area contributed by atoms with E-state index in [4.69, 9.17) is 0 Å². The summed E-state index contributed by atoms with van der Waals surface area (Å²) in [6.07, 6.45) is -0.123. The van der Waals surface area contributed by atoms with E-state index in [1.165, 1.54) is 0 Å². The van der Waals surface area contributed by atoms with Crippen molar-refractivity contribution in [2.75, 3.05) is 0 Å². The van der Waals surface area contributed by atoms with Crippen LogP contribution in [0.25, 0.3) is 0 Å². The number of carbonyl (C=O) groups excluding carboxylic acids is 1. The summed E-state index contributed by atoms with van der Waals surface area (Å²) in [4.78, 5) is 9.63. The second-order valence-corrected chi connectivity index (χ2v) is 1.30. The molecule has 0 fully saturated rings. The first kappa shape index (κ1) is 10.2. The summed E-state index contributed by atoms with van der Waals surface area (Å²) < 4.78 is 8.85. The van der Waals surface area contributed by atoms with Gasteiger partial charge in [0.1, 0.15) is 0 Å². The van der Waals surface area contributed by atoms with Crippen LogP contribution in [0.4, 0.5) is 0 Å². The first-order chi connectivity index (χ1) is 4.33. The molecule has 0 aliphatic rings. The summed E-state index contributed by atoms with van der Waals surface area (Å²) in [7, 11) is 0. The van der Waals surface area contributed by atoms with Crippen LogP contribution in [0.5, 0.6) is 6.08 Å². The number of carbonyl (C=O) groups is 1. The Hall–Kier alpha value is 0.246. The zero-order valence-electron chi connectivity index (χ0n) is 4.70. The Morgan fingerprint density at radius 3 is 2.70 bits per heavy atom. The molecule has 6 heteroatoms. The van der Waals surface area contributed by atoms with Crippen molar-refractivity contribution >= 4 is 57.9 Å². The topological polar surface area (TPSA) is 65.2 Å². The minimum absolute atomic E-state index is 0. The van der Waals surface area contributed by atoms with Crippen molar-refractivity contribution in [3.8, 4) is 6.08 Å². The van der Waals surface area contributed by atoms with Crippen molar-refractivity contribution in [1.29, 1.82) is 0 Å². The number of ether oxygens (including phenoxy) is 1. The Labute approximate surface area is 99.6 Å². The monoisotopic (exact) mass is 168 g/mol. The molecule has 0 aromatic carbocycles. The standard InChI is InChI=1S/C4H4N2O3.K.H/c1-3-5-6-4(9-3)8-2-7;;/h2H,1H3;;. The molecule has 50 valence electrons. The SMILES string of the molecule is Cc1nnc(OC=O)o1.[KH]. The molecule has 0 atom stereocenters. The third kappa shape index (κ3) is 2.89. The molecule has 0 bridgehead atoms. The van der Waals surface area contributed by atoms with Crippen molar-refractivity contribution in [2.45, 2.75) is 6.92 Å². The van der Waals surface area contributed by atoms with E-state index in [-0.39, 0.29) is 63.9 Å². The molecule has 0 aliphatic carbocycles. The van der Waals surface area contributed by atoms with Crippen LogP contribution in [-0.2, 0) is 4.79 Å². The van der Waals surface area contributed by atoms with Gasteiger partial charge in [-0.2, -0.15) is 0 Å². The molecule has 1 heterocycles. The molecule has 10 heavy (non-hydrogen) atoms. The Morgan fingerprint density at radius 2 is 2.30 bits per heavy atom. The second-order valence-electron chi connectivity index (χ2n) is 1.30. The molecule has 0 aliphatic heterocycles. The molecular formula is C4H5KN2O3. The van der Waals surface area contributed by atoms with E-state index >= 15 is 0 Å². The van der Waals surface area contributed by atoms with Gasteiger partial charge in [0.25, 0.3) is 0 Å². The molecule has 0 radical (unpaired) electrons. The Balaban J connectivity index is 0.000000810. The molecule has 0 saturated heterocycles. The molecule has 0 N–H and O–H groups in total. The van der Waals surface area contributed by atoms with Gasteiger partial charge < -0.3 is 9.15 Å². The second kappa shape index (κ2) is 4.97. The molecule has 1 aromatic heterocycles. The van der Waals surface area contributed by atoms with Gasteiger partial charge in [-0.15, -0.1) is 5.10 Å². The normalized spacial score (nSPS) is 8.10. The number of nitrogens with zero attached hydrogens (tertiary/aromatic N) is 2. The van der Waals surface area contributed by atoms with Crippen LogP contribution in [0.3, 0.4) is 0 Å². The van der Waals surface area contributed by atoms with E-state index in [9.17, 15) is 4.79 Å². The van der Waals surface area contributed by atoms with Crippen LogP contribution < -0.4 is 4.74 Å². The molecule has 0 amide bonds. The predicted octanol–water partition coefficient (Wildman–Crippen LogP) is -0.735. The summed E-state index contributed by atoms with van der Waals surface area (Å²) in [5.41, 5.74) is 0. The van der Waals surface area contributed by atoms with Crippen molar-refractivity contribution in [2.24, 2.45) is 0 Å². The number of aryl methyl sites for hydroxylation is 1. The van der Waals surface area contributed by atoms with Crippen LogP contribution in [0.15, 0.2) is 4.42 Å². The maximum absolute atomic E-state index is 9.63. The van der Waals surface area contributed by atoms with Gasteiger partial charge in [0, 0.05) is 6.92 Å². The van der Waals surface area contributed by atoms with Crippen molar-refractivity contribution < 1.29 is 13.9 Å². The molecule has 0 unspecified atom stereocenters. The fourth-order valence-corrected chi connectivity index (χ4v) is 0.367. The van der Waals surface area contributed by atoms with Crippen molar-refractivity contribution in [3.05, 3.63) is 5.89 Å². The van der Waals surface area contributed by atoms with Gasteiger partial charge in [0.05, 0.1) is 0 Å². The Morgan fingerprint density at radius 1 is 1.60 bits per heavy atom. The third-order valence-electron chi connectivity index (χ3n) is 0.656. The van der Waals surface area contributed by atoms with Crippen molar-refractivity contribution in [3.63, 3.8) is 0 Å². The molecule has 1 aromatic rings. The molecule has 0 saturated carbocycles. The van der Waals surface area contributed by atoms with E-state index in [0.29, 0.717) is 5.89 Å². The Kier molecular flexibility index (Phi) is 5.09. The Bertz CT molecular complexity index is 212. The van der Waals surface area contributed by atoms with E-state index in [0.717, 1.165) is 0 Å². The van der Waals surface area contributed by atoms with E-state index in [1.54, 1.807) is 6.92 Å². The fraction of sp³-hybridized carbons (Fsp3) is 0.250. The predicted molar refractivity (Wildman–Crippen MR) is 32.9 cm³/mol. The zero-order chi connectivity index (χ0) is 6.69. The van der Waals surface area contributed by atoms with Gasteiger partial charge in [-0.05, 0) is 0 Å². The third-order valence-corrected chi connectivity index (χ3v) is 0.656. The van der Waals surface area contributed by atoms with Gasteiger partial charge in [-0.3, -0.25) is 4.79 Å². The van der Waals surface area contributed by atoms with Crippen LogP contribution in [0.1, 0.15) is 5.89 Å². The van der Waals surface area contributed by atoms with Gasteiger partial charge in [-0.1, -0.05) is 5.10 Å². The first-order valence-corrected chi connectivity index (χ1v) is 2.23. The molecule has 0 spiro atoms. The summed E-state index contributed by atoms with van der Waals surface area (Å²) in [6.45, 7) is 1.83. The summed E-state index contributed by atoms with van der Waals surface area (Å²) in [6, 6.07) is 0. The number of aromatic nitrogens is 2. The van der Waals surface area contributed by atoms with E-state index in [2.05, 4.69) is 19.4 Å². The average molecular weight is 168 g/mol.